The van der Waals surface area contributed by atoms with Crippen LogP contribution in [0.5, 0.6) is 0 Å². The van der Waals surface area contributed by atoms with E-state index in [9.17, 15) is 9.59 Å². The van der Waals surface area contributed by atoms with Gasteiger partial charge in [-0.05, 0) is 29.8 Å². The Labute approximate surface area is 209 Å². The molecule has 4 aromatic rings. The average molecular weight is 490 g/mol. The normalized spacial score (nSPS) is 11.2. The first-order valence-corrected chi connectivity index (χ1v) is 11.7. The molecule has 0 spiro atoms. The summed E-state index contributed by atoms with van der Waals surface area (Å²) in [6.45, 7) is 2.88. The maximum atomic E-state index is 13.8. The second-order valence-corrected chi connectivity index (χ2v) is 8.70. The summed E-state index contributed by atoms with van der Waals surface area (Å²) in [5.41, 5.74) is 4.47. The Hall–Kier alpha value is -4.05. The van der Waals surface area contributed by atoms with Crippen LogP contribution in [0.1, 0.15) is 44.9 Å². The van der Waals surface area contributed by atoms with Crippen LogP contribution in [0.25, 0.3) is 22.3 Å². The monoisotopic (exact) mass is 489 g/mol. The number of carbonyl (C=O) groups is 2. The molecule has 0 aliphatic heterocycles. The zero-order valence-corrected chi connectivity index (χ0v) is 21.5. The van der Waals surface area contributed by atoms with Crippen molar-refractivity contribution in [3.05, 3.63) is 64.9 Å². The highest BCUT2D eigenvalue weighted by atomic mass is 16.5. The number of imidazole rings is 1. The third kappa shape index (κ3) is 4.72. The summed E-state index contributed by atoms with van der Waals surface area (Å²) in [6, 6.07) is 9.16. The fraction of sp³-hybridized carbons (Fsp3) is 0.346. The molecule has 3 heterocycles. The maximum Gasteiger partial charge on any atom is 0.269 e. The number of nitrogens with zero attached hydrogens (tertiary/aromatic N) is 6. The number of methoxy groups -OCH3 is 1. The lowest BCUT2D eigenvalue weighted by molar-refractivity contribution is 0.0784. The number of nitrogens with one attached hydrogen (secondary N) is 1. The van der Waals surface area contributed by atoms with Gasteiger partial charge in [0.25, 0.3) is 11.8 Å². The van der Waals surface area contributed by atoms with Crippen LogP contribution in [0.4, 0.5) is 0 Å². The van der Waals surface area contributed by atoms with Crippen LogP contribution in [0.15, 0.2) is 36.5 Å². The van der Waals surface area contributed by atoms with Gasteiger partial charge in [0.2, 0.25) is 0 Å². The third-order valence-corrected chi connectivity index (χ3v) is 6.26. The molecule has 188 valence electrons. The molecule has 0 saturated heterocycles. The number of aromatic nitrogens is 5. The van der Waals surface area contributed by atoms with Crippen LogP contribution in [0.3, 0.4) is 0 Å². The van der Waals surface area contributed by atoms with Crippen molar-refractivity contribution < 1.29 is 14.3 Å². The third-order valence-electron chi connectivity index (χ3n) is 6.26. The molecule has 0 fully saturated rings. The molecule has 0 bridgehead atoms. The summed E-state index contributed by atoms with van der Waals surface area (Å²) in [5, 5.41) is 7.82. The summed E-state index contributed by atoms with van der Waals surface area (Å²) < 4.78 is 8.82. The summed E-state index contributed by atoms with van der Waals surface area (Å²) in [6.07, 6.45) is 2.63. The van der Waals surface area contributed by atoms with Crippen molar-refractivity contribution in [1.82, 2.24) is 34.5 Å². The van der Waals surface area contributed by atoms with E-state index in [0.717, 1.165) is 28.9 Å². The number of benzene rings is 1. The van der Waals surface area contributed by atoms with Gasteiger partial charge in [-0.25, -0.2) is 9.97 Å². The van der Waals surface area contributed by atoms with Crippen LogP contribution in [0, 0.1) is 0 Å². The van der Waals surface area contributed by atoms with Crippen LogP contribution in [-0.4, -0.2) is 62.2 Å². The van der Waals surface area contributed by atoms with E-state index in [0.29, 0.717) is 41.3 Å². The number of pyridine rings is 1. The Morgan fingerprint density at radius 3 is 2.58 bits per heavy atom. The number of hydrogen-bond donors (Lipinski definition) is 1. The summed E-state index contributed by atoms with van der Waals surface area (Å²) in [5.74, 6) is 0.564. The zero-order valence-electron chi connectivity index (χ0n) is 21.5. The number of aryl methyl sites for hydroxylation is 2. The summed E-state index contributed by atoms with van der Waals surface area (Å²) >= 11 is 0. The Morgan fingerprint density at radius 1 is 1.14 bits per heavy atom. The topological polar surface area (TPSA) is 107 Å². The van der Waals surface area contributed by atoms with Gasteiger partial charge in [-0.2, -0.15) is 5.10 Å². The Morgan fingerprint density at radius 2 is 1.92 bits per heavy atom. The smallest absolute Gasteiger partial charge is 0.269 e. The molecule has 0 radical (unpaired) electrons. The number of hydrogen-bond acceptors (Lipinski definition) is 6. The average Bonchev–Trinajstić information content (AvgIpc) is 3.44. The van der Waals surface area contributed by atoms with Crippen LogP contribution in [-0.2, 0) is 38.4 Å². The minimum Gasteiger partial charge on any atom is -0.380 e. The molecular formula is C26H31N7O3. The van der Waals surface area contributed by atoms with Crippen molar-refractivity contribution in [3.63, 3.8) is 0 Å². The zero-order chi connectivity index (χ0) is 26.0. The highest BCUT2D eigenvalue weighted by molar-refractivity contribution is 6.07. The molecular weight excluding hydrogens is 458 g/mol. The fourth-order valence-corrected chi connectivity index (χ4v) is 4.25. The SMILES string of the molecule is CCc1ncc(CN(C)C(=O)c2cc(-c3cc(C(=O)NC)n(C)n3)nc3ccc(COC)cc23)n1C. The summed E-state index contributed by atoms with van der Waals surface area (Å²) in [7, 11) is 8.64. The van der Waals surface area contributed by atoms with Gasteiger partial charge >= 0.3 is 0 Å². The quantitative estimate of drug-likeness (QED) is 0.408. The van der Waals surface area contributed by atoms with E-state index in [-0.39, 0.29) is 11.8 Å². The standard InChI is InChI=1S/C26H31N7O3/c1-7-24-28-13-17(32(24)4)14-31(3)26(35)19-11-21(22-12-23(25(34)27-2)33(5)30-22)29-20-9-8-16(15-36-6)10-18(19)20/h8-13H,7,14-15H2,1-6H3,(H,27,34). The largest absolute Gasteiger partial charge is 0.380 e. The molecule has 2 amide bonds. The molecule has 3 aromatic heterocycles. The Kier molecular flexibility index (Phi) is 7.16. The Bertz CT molecular complexity index is 1440. The molecule has 1 N–H and O–H groups in total. The first kappa shape index (κ1) is 25.1. The lowest BCUT2D eigenvalue weighted by Crippen LogP contribution is -2.27. The van der Waals surface area contributed by atoms with Crippen molar-refractivity contribution in [2.24, 2.45) is 14.1 Å². The number of amides is 2. The first-order chi connectivity index (χ1) is 17.3. The molecule has 10 nitrogen and oxygen atoms in total. The molecule has 1 aromatic carbocycles. The van der Waals surface area contributed by atoms with E-state index >= 15 is 0 Å². The second kappa shape index (κ2) is 10.3. The van der Waals surface area contributed by atoms with Crippen molar-refractivity contribution in [3.8, 4) is 11.4 Å². The molecule has 0 aliphatic rings. The van der Waals surface area contributed by atoms with Crippen molar-refractivity contribution in [2.75, 3.05) is 21.2 Å². The first-order valence-electron chi connectivity index (χ1n) is 11.7. The van der Waals surface area contributed by atoms with Gasteiger partial charge < -0.3 is 19.5 Å². The van der Waals surface area contributed by atoms with Gasteiger partial charge in [-0.3, -0.25) is 14.3 Å². The van der Waals surface area contributed by atoms with E-state index in [1.807, 2.05) is 36.0 Å². The van der Waals surface area contributed by atoms with E-state index in [4.69, 9.17) is 9.72 Å². The molecule has 0 saturated carbocycles. The summed E-state index contributed by atoms with van der Waals surface area (Å²) in [4.78, 5) is 36.9. The van der Waals surface area contributed by atoms with Gasteiger partial charge in [0, 0.05) is 47.1 Å². The number of carbonyl (C=O) groups excluding carboxylic acids is 2. The number of fused-ring (bicyclic) bond motifs is 1. The van der Waals surface area contributed by atoms with Crippen molar-refractivity contribution in [1.29, 1.82) is 0 Å². The highest BCUT2D eigenvalue weighted by Crippen LogP contribution is 2.27. The Balaban J connectivity index is 1.80. The molecule has 4 rings (SSSR count). The van der Waals surface area contributed by atoms with Crippen molar-refractivity contribution >= 4 is 22.7 Å². The van der Waals surface area contributed by atoms with Gasteiger partial charge in [-0.1, -0.05) is 13.0 Å². The lowest BCUT2D eigenvalue weighted by Gasteiger charge is -2.19. The van der Waals surface area contributed by atoms with Gasteiger partial charge in [0.15, 0.2) is 0 Å². The van der Waals surface area contributed by atoms with Crippen LogP contribution >= 0.6 is 0 Å². The fourth-order valence-electron chi connectivity index (χ4n) is 4.25. The van der Waals surface area contributed by atoms with Gasteiger partial charge in [-0.15, -0.1) is 0 Å². The van der Waals surface area contributed by atoms with Crippen LogP contribution < -0.4 is 5.32 Å². The minimum atomic E-state index is -0.250. The van der Waals surface area contributed by atoms with E-state index < -0.39 is 0 Å². The number of ether oxygens (including phenoxy) is 1. The molecule has 0 atom stereocenters. The van der Waals surface area contributed by atoms with Gasteiger partial charge in [0.1, 0.15) is 17.2 Å². The van der Waals surface area contributed by atoms with E-state index in [1.54, 1.807) is 45.3 Å². The predicted molar refractivity (Wildman–Crippen MR) is 136 cm³/mol. The molecule has 0 unspecified atom stereocenters. The van der Waals surface area contributed by atoms with Crippen LogP contribution in [0.2, 0.25) is 0 Å². The number of rotatable bonds is 8. The highest BCUT2D eigenvalue weighted by Gasteiger charge is 2.21. The van der Waals surface area contributed by atoms with Gasteiger partial charge in [0.05, 0.1) is 41.8 Å². The second-order valence-electron chi connectivity index (χ2n) is 8.70. The van der Waals surface area contributed by atoms with E-state index in [1.165, 1.54) is 4.68 Å². The van der Waals surface area contributed by atoms with E-state index in [2.05, 4.69) is 22.3 Å². The lowest BCUT2D eigenvalue weighted by atomic mass is 10.0. The molecule has 10 heteroatoms. The molecule has 0 aliphatic carbocycles. The molecule has 36 heavy (non-hydrogen) atoms. The minimum absolute atomic E-state index is 0.153. The maximum absolute atomic E-state index is 13.8. The predicted octanol–water partition coefficient (Wildman–Crippen LogP) is 2.71. The van der Waals surface area contributed by atoms with Crippen molar-refractivity contribution in [2.45, 2.75) is 26.5 Å².